The highest BCUT2D eigenvalue weighted by Gasteiger charge is 2.07. The lowest BCUT2D eigenvalue weighted by molar-refractivity contribution is 0.290. The van der Waals surface area contributed by atoms with Crippen LogP contribution in [0.3, 0.4) is 0 Å². The largest absolute Gasteiger partial charge is 0.486 e. The van der Waals surface area contributed by atoms with Crippen LogP contribution >= 0.6 is 0 Å². The van der Waals surface area contributed by atoms with E-state index in [0.29, 0.717) is 5.56 Å². The van der Waals surface area contributed by atoms with Crippen LogP contribution in [0.4, 0.5) is 18.9 Å². The van der Waals surface area contributed by atoms with E-state index in [1.54, 1.807) is 0 Å². The average molecular weight is 253 g/mol. The number of hydrogen-bond acceptors (Lipinski definition) is 2. The van der Waals surface area contributed by atoms with Crippen LogP contribution in [-0.2, 0) is 6.61 Å². The molecule has 0 aliphatic carbocycles. The van der Waals surface area contributed by atoms with Crippen molar-refractivity contribution in [3.8, 4) is 5.75 Å². The number of ether oxygens (including phenoxy) is 1. The fraction of sp³-hybridized carbons (Fsp3) is 0.0769. The van der Waals surface area contributed by atoms with Crippen molar-refractivity contribution in [3.05, 3.63) is 59.4 Å². The van der Waals surface area contributed by atoms with E-state index < -0.39 is 17.5 Å². The lowest BCUT2D eigenvalue weighted by atomic mass is 10.2. The van der Waals surface area contributed by atoms with Gasteiger partial charge in [0.05, 0.1) is 0 Å². The first-order chi connectivity index (χ1) is 8.56. The van der Waals surface area contributed by atoms with Crippen molar-refractivity contribution in [2.75, 3.05) is 5.73 Å². The van der Waals surface area contributed by atoms with Gasteiger partial charge in [0.2, 0.25) is 0 Å². The zero-order valence-corrected chi connectivity index (χ0v) is 9.29. The zero-order valence-electron chi connectivity index (χ0n) is 9.29. The van der Waals surface area contributed by atoms with Gasteiger partial charge in [0, 0.05) is 17.3 Å². The van der Waals surface area contributed by atoms with E-state index in [9.17, 15) is 13.2 Å². The predicted octanol–water partition coefficient (Wildman–Crippen LogP) is 3.27. The van der Waals surface area contributed by atoms with Crippen molar-refractivity contribution in [2.45, 2.75) is 6.61 Å². The van der Waals surface area contributed by atoms with Gasteiger partial charge in [-0.3, -0.25) is 0 Å². The highest BCUT2D eigenvalue weighted by atomic mass is 19.1. The molecule has 0 aliphatic heterocycles. The summed E-state index contributed by atoms with van der Waals surface area (Å²) in [7, 11) is 0. The van der Waals surface area contributed by atoms with Gasteiger partial charge in [-0.25, -0.2) is 13.2 Å². The van der Waals surface area contributed by atoms with Crippen molar-refractivity contribution >= 4 is 5.69 Å². The summed E-state index contributed by atoms with van der Waals surface area (Å²) in [6, 6.07) is 6.84. The topological polar surface area (TPSA) is 35.2 Å². The molecule has 2 nitrogen and oxygen atoms in total. The molecule has 2 aromatic rings. The standard InChI is InChI=1S/C13H10F3NO/c14-9-3-4-13(11(16)5-9)18-7-8-1-2-10(15)6-12(8)17/h1-6H,7,17H2. The van der Waals surface area contributed by atoms with Crippen molar-refractivity contribution < 1.29 is 17.9 Å². The van der Waals surface area contributed by atoms with Crippen LogP contribution in [0.15, 0.2) is 36.4 Å². The Balaban J connectivity index is 2.11. The summed E-state index contributed by atoms with van der Waals surface area (Å²) in [6.07, 6.45) is 0. The summed E-state index contributed by atoms with van der Waals surface area (Å²) in [6.45, 7) is -0.0192. The lowest BCUT2D eigenvalue weighted by Gasteiger charge is -2.09. The summed E-state index contributed by atoms with van der Waals surface area (Å²) >= 11 is 0. The minimum atomic E-state index is -0.796. The quantitative estimate of drug-likeness (QED) is 0.852. The normalized spacial score (nSPS) is 10.4. The van der Waals surface area contributed by atoms with Gasteiger partial charge in [-0.15, -0.1) is 0 Å². The Labute approximate surface area is 102 Å². The van der Waals surface area contributed by atoms with E-state index in [1.165, 1.54) is 18.2 Å². The maximum Gasteiger partial charge on any atom is 0.167 e. The van der Waals surface area contributed by atoms with Crippen molar-refractivity contribution in [1.82, 2.24) is 0 Å². The molecule has 2 aromatic carbocycles. The molecule has 18 heavy (non-hydrogen) atoms. The van der Waals surface area contributed by atoms with Crippen molar-refractivity contribution in [1.29, 1.82) is 0 Å². The van der Waals surface area contributed by atoms with Crippen LogP contribution in [0.25, 0.3) is 0 Å². The van der Waals surface area contributed by atoms with Crippen LogP contribution in [0.2, 0.25) is 0 Å². The van der Waals surface area contributed by atoms with Crippen LogP contribution < -0.4 is 10.5 Å². The summed E-state index contributed by atoms with van der Waals surface area (Å²) in [5.74, 6) is -2.01. The number of anilines is 1. The third kappa shape index (κ3) is 2.74. The Bertz CT molecular complexity index is 521. The second kappa shape index (κ2) is 5.00. The number of nitrogens with two attached hydrogens (primary N) is 1. The minimum absolute atomic E-state index is 0.0192. The summed E-state index contributed by atoms with van der Waals surface area (Å²) in [5, 5.41) is 0. The first kappa shape index (κ1) is 12.3. The molecule has 0 heterocycles. The third-order valence-corrected chi connectivity index (χ3v) is 2.39. The van der Waals surface area contributed by atoms with Gasteiger partial charge >= 0.3 is 0 Å². The first-order valence-electron chi connectivity index (χ1n) is 5.18. The average Bonchev–Trinajstić information content (AvgIpc) is 2.30. The molecule has 0 fully saturated rings. The molecule has 0 atom stereocenters. The number of halogens is 3. The number of nitrogen functional groups attached to an aromatic ring is 1. The summed E-state index contributed by atoms with van der Waals surface area (Å²) in [5.41, 5.74) is 6.32. The minimum Gasteiger partial charge on any atom is -0.486 e. The Morgan fingerprint density at radius 1 is 0.944 bits per heavy atom. The molecule has 0 saturated carbocycles. The molecule has 0 spiro atoms. The number of hydrogen-bond donors (Lipinski definition) is 1. The van der Waals surface area contributed by atoms with E-state index in [-0.39, 0.29) is 18.0 Å². The molecule has 0 aromatic heterocycles. The highest BCUT2D eigenvalue weighted by Crippen LogP contribution is 2.21. The van der Waals surface area contributed by atoms with Gasteiger partial charge in [0.25, 0.3) is 0 Å². The molecule has 2 N–H and O–H groups in total. The molecular weight excluding hydrogens is 243 g/mol. The van der Waals surface area contributed by atoms with E-state index >= 15 is 0 Å². The van der Waals surface area contributed by atoms with Gasteiger partial charge in [-0.05, 0) is 24.3 Å². The van der Waals surface area contributed by atoms with E-state index in [0.717, 1.165) is 18.2 Å². The molecule has 0 radical (unpaired) electrons. The second-order valence-electron chi connectivity index (χ2n) is 3.71. The fourth-order valence-electron chi connectivity index (χ4n) is 1.45. The van der Waals surface area contributed by atoms with Gasteiger partial charge in [-0.2, -0.15) is 0 Å². The molecule has 0 aliphatic rings. The molecule has 0 amide bonds. The van der Waals surface area contributed by atoms with Gasteiger partial charge < -0.3 is 10.5 Å². The maximum absolute atomic E-state index is 13.3. The van der Waals surface area contributed by atoms with Crippen LogP contribution in [0.5, 0.6) is 5.75 Å². The first-order valence-corrected chi connectivity index (χ1v) is 5.18. The van der Waals surface area contributed by atoms with Crippen molar-refractivity contribution in [2.24, 2.45) is 0 Å². The van der Waals surface area contributed by atoms with E-state index in [2.05, 4.69) is 0 Å². The molecule has 0 bridgehead atoms. The summed E-state index contributed by atoms with van der Waals surface area (Å²) in [4.78, 5) is 0. The molecular formula is C13H10F3NO. The van der Waals surface area contributed by atoms with Gasteiger partial charge in [0.15, 0.2) is 11.6 Å². The van der Waals surface area contributed by atoms with E-state index in [4.69, 9.17) is 10.5 Å². The highest BCUT2D eigenvalue weighted by molar-refractivity contribution is 5.46. The summed E-state index contributed by atoms with van der Waals surface area (Å²) < 4.78 is 43.9. The SMILES string of the molecule is Nc1cc(F)ccc1COc1ccc(F)cc1F. The molecule has 5 heteroatoms. The molecule has 0 saturated heterocycles. The molecule has 2 rings (SSSR count). The number of benzene rings is 2. The molecule has 94 valence electrons. The predicted molar refractivity (Wildman–Crippen MR) is 61.5 cm³/mol. The Kier molecular flexibility index (Phi) is 3.41. The number of rotatable bonds is 3. The second-order valence-corrected chi connectivity index (χ2v) is 3.71. The van der Waals surface area contributed by atoms with Gasteiger partial charge in [0.1, 0.15) is 18.2 Å². The lowest BCUT2D eigenvalue weighted by Crippen LogP contribution is -2.02. The monoisotopic (exact) mass is 253 g/mol. The molecule has 0 unspecified atom stereocenters. The Morgan fingerprint density at radius 2 is 1.61 bits per heavy atom. The third-order valence-electron chi connectivity index (χ3n) is 2.39. The Morgan fingerprint density at radius 3 is 2.28 bits per heavy atom. The Hall–Kier alpha value is -2.17. The van der Waals surface area contributed by atoms with E-state index in [1.807, 2.05) is 0 Å². The van der Waals surface area contributed by atoms with Crippen LogP contribution in [0.1, 0.15) is 5.56 Å². The van der Waals surface area contributed by atoms with Crippen LogP contribution in [0, 0.1) is 17.5 Å². The zero-order chi connectivity index (χ0) is 13.1. The van der Waals surface area contributed by atoms with Crippen LogP contribution in [-0.4, -0.2) is 0 Å². The maximum atomic E-state index is 13.3. The van der Waals surface area contributed by atoms with Gasteiger partial charge in [-0.1, -0.05) is 6.07 Å². The fourth-order valence-corrected chi connectivity index (χ4v) is 1.45. The van der Waals surface area contributed by atoms with Crippen molar-refractivity contribution in [3.63, 3.8) is 0 Å². The smallest absolute Gasteiger partial charge is 0.167 e.